The Balaban J connectivity index is 1.52. The van der Waals surface area contributed by atoms with Gasteiger partial charge in [-0.3, -0.25) is 9.78 Å². The van der Waals surface area contributed by atoms with Gasteiger partial charge in [-0.05, 0) is 42.2 Å². The fourth-order valence-electron chi connectivity index (χ4n) is 3.51. The Labute approximate surface area is 180 Å². The molecule has 6 nitrogen and oxygen atoms in total. The number of rotatable bonds is 4. The zero-order chi connectivity index (χ0) is 22.0. The maximum atomic E-state index is 13.3. The molecule has 1 aliphatic rings. The minimum atomic E-state index is -4.43. The Morgan fingerprint density at radius 2 is 2.03 bits per heavy atom. The molecule has 0 saturated carbocycles. The molecule has 10 heteroatoms. The van der Waals surface area contributed by atoms with Gasteiger partial charge in [0.1, 0.15) is 11.0 Å². The number of aromatic nitrogens is 3. The zero-order valence-electron chi connectivity index (χ0n) is 16.6. The van der Waals surface area contributed by atoms with Crippen molar-refractivity contribution in [3.8, 4) is 0 Å². The normalized spacial score (nSPS) is 17.0. The monoisotopic (exact) mass is 448 g/mol. The topological polar surface area (TPSA) is 68.2 Å². The molecule has 31 heavy (non-hydrogen) atoms. The molecule has 1 aliphatic heterocycles. The van der Waals surface area contributed by atoms with Crippen LogP contribution in [-0.2, 0) is 17.3 Å². The molecule has 1 atom stereocenters. The Bertz CT molecular complexity index is 1090. The number of carbonyl (C=O) groups excluding carboxylic acids is 1. The number of hydrogen-bond acceptors (Lipinski definition) is 6. The van der Waals surface area contributed by atoms with Crippen LogP contribution in [0.4, 0.5) is 13.2 Å². The highest BCUT2D eigenvalue weighted by Gasteiger charge is 2.33. The molecule has 2 aromatic heterocycles. The lowest BCUT2D eigenvalue weighted by Crippen LogP contribution is -2.42. The first-order chi connectivity index (χ1) is 14.8. The SMILES string of the molecule is Cc1nnsc1C(=O)N1CCO[C@H](c2cccc(Cc3ccccc3C(F)(F)F)n2)C1. The molecular formula is C21H19F3N4O2S. The van der Waals surface area contributed by atoms with Crippen LogP contribution in [0.25, 0.3) is 0 Å². The van der Waals surface area contributed by atoms with Gasteiger partial charge >= 0.3 is 6.18 Å². The van der Waals surface area contributed by atoms with Gasteiger partial charge in [-0.15, -0.1) is 5.10 Å². The average Bonchev–Trinajstić information content (AvgIpc) is 3.19. The summed E-state index contributed by atoms with van der Waals surface area (Å²) in [7, 11) is 0. The van der Waals surface area contributed by atoms with Gasteiger partial charge in [-0.2, -0.15) is 13.2 Å². The maximum Gasteiger partial charge on any atom is 0.416 e. The second-order valence-electron chi connectivity index (χ2n) is 7.18. The number of benzene rings is 1. The van der Waals surface area contributed by atoms with Crippen molar-refractivity contribution < 1.29 is 22.7 Å². The summed E-state index contributed by atoms with van der Waals surface area (Å²) >= 11 is 1.05. The number of hydrogen-bond donors (Lipinski definition) is 0. The van der Waals surface area contributed by atoms with Gasteiger partial charge in [-0.1, -0.05) is 28.8 Å². The van der Waals surface area contributed by atoms with Crippen LogP contribution in [0.3, 0.4) is 0 Å². The van der Waals surface area contributed by atoms with Gasteiger partial charge in [0, 0.05) is 18.7 Å². The van der Waals surface area contributed by atoms with Crippen LogP contribution in [0.5, 0.6) is 0 Å². The molecule has 1 fully saturated rings. The summed E-state index contributed by atoms with van der Waals surface area (Å²) in [4.78, 5) is 19.5. The number of pyridine rings is 1. The zero-order valence-corrected chi connectivity index (χ0v) is 17.4. The summed E-state index contributed by atoms with van der Waals surface area (Å²) < 4.78 is 49.5. The highest BCUT2D eigenvalue weighted by molar-refractivity contribution is 7.07. The van der Waals surface area contributed by atoms with Crippen molar-refractivity contribution in [2.45, 2.75) is 25.6 Å². The van der Waals surface area contributed by atoms with Crippen molar-refractivity contribution >= 4 is 17.4 Å². The molecule has 162 valence electrons. The lowest BCUT2D eigenvalue weighted by Gasteiger charge is -2.32. The first-order valence-electron chi connectivity index (χ1n) is 9.63. The minimum Gasteiger partial charge on any atom is -0.368 e. The number of nitrogens with zero attached hydrogens (tertiary/aromatic N) is 4. The summed E-state index contributed by atoms with van der Waals surface area (Å²) in [5.41, 5.74) is 1.17. The van der Waals surface area contributed by atoms with E-state index >= 15 is 0 Å². The average molecular weight is 448 g/mol. The standard InChI is InChI=1S/C21H19F3N4O2S/c1-13-19(31-27-26-13)20(29)28-9-10-30-18(12-28)17-8-4-6-15(25-17)11-14-5-2-3-7-16(14)21(22,23)24/h2-8,18H,9-12H2,1H3/t18-/m0/s1. The van der Waals surface area contributed by atoms with Crippen molar-refractivity contribution in [2.24, 2.45) is 0 Å². The lowest BCUT2D eigenvalue weighted by molar-refractivity contribution is -0.138. The highest BCUT2D eigenvalue weighted by atomic mass is 32.1. The van der Waals surface area contributed by atoms with Gasteiger partial charge < -0.3 is 9.64 Å². The number of alkyl halides is 3. The van der Waals surface area contributed by atoms with E-state index in [-0.39, 0.29) is 17.9 Å². The second kappa shape index (κ2) is 8.72. The van der Waals surface area contributed by atoms with Crippen LogP contribution in [0.15, 0.2) is 42.5 Å². The maximum absolute atomic E-state index is 13.3. The number of ether oxygens (including phenoxy) is 1. The van der Waals surface area contributed by atoms with E-state index in [1.165, 1.54) is 12.1 Å². The van der Waals surface area contributed by atoms with E-state index in [2.05, 4.69) is 14.6 Å². The van der Waals surface area contributed by atoms with E-state index in [4.69, 9.17) is 4.74 Å². The molecule has 1 amide bonds. The Hall–Kier alpha value is -2.85. The summed E-state index contributed by atoms with van der Waals surface area (Å²) in [5, 5.41) is 3.88. The number of halogens is 3. The van der Waals surface area contributed by atoms with Crippen molar-refractivity contribution in [1.29, 1.82) is 0 Å². The van der Waals surface area contributed by atoms with Gasteiger partial charge in [0.15, 0.2) is 0 Å². The van der Waals surface area contributed by atoms with E-state index < -0.39 is 17.8 Å². The molecule has 0 N–H and O–H groups in total. The molecule has 3 aromatic rings. The van der Waals surface area contributed by atoms with Gasteiger partial charge in [0.2, 0.25) is 0 Å². The van der Waals surface area contributed by atoms with Crippen LogP contribution >= 0.6 is 11.5 Å². The third kappa shape index (κ3) is 4.75. The smallest absolute Gasteiger partial charge is 0.368 e. The fraction of sp³-hybridized carbons (Fsp3) is 0.333. The predicted molar refractivity (Wildman–Crippen MR) is 108 cm³/mol. The molecule has 0 spiro atoms. The quantitative estimate of drug-likeness (QED) is 0.602. The largest absolute Gasteiger partial charge is 0.416 e. The Morgan fingerprint density at radius 3 is 2.77 bits per heavy atom. The molecule has 0 aliphatic carbocycles. The second-order valence-corrected chi connectivity index (χ2v) is 7.94. The van der Waals surface area contributed by atoms with E-state index in [0.29, 0.717) is 41.7 Å². The van der Waals surface area contributed by atoms with Crippen LogP contribution < -0.4 is 0 Å². The molecule has 1 aromatic carbocycles. The van der Waals surface area contributed by atoms with Gasteiger partial charge in [0.05, 0.1) is 30.1 Å². The van der Waals surface area contributed by atoms with E-state index in [1.807, 2.05) is 0 Å². The molecule has 3 heterocycles. The van der Waals surface area contributed by atoms with E-state index in [0.717, 1.165) is 17.6 Å². The van der Waals surface area contributed by atoms with Crippen LogP contribution in [0, 0.1) is 6.92 Å². The van der Waals surface area contributed by atoms with Crippen molar-refractivity contribution in [3.63, 3.8) is 0 Å². The summed E-state index contributed by atoms with van der Waals surface area (Å²) in [5.74, 6) is -0.156. The van der Waals surface area contributed by atoms with Crippen LogP contribution in [0.2, 0.25) is 0 Å². The number of aryl methyl sites for hydroxylation is 1. The predicted octanol–water partition coefficient (Wildman–Crippen LogP) is 4.06. The number of morpholine rings is 1. The van der Waals surface area contributed by atoms with E-state index in [9.17, 15) is 18.0 Å². The third-order valence-electron chi connectivity index (χ3n) is 5.05. The molecule has 0 bridgehead atoms. The first-order valence-corrected chi connectivity index (χ1v) is 10.4. The Kier molecular flexibility index (Phi) is 6.01. The molecule has 0 radical (unpaired) electrons. The summed E-state index contributed by atoms with van der Waals surface area (Å²) in [6.07, 6.45) is -4.84. The van der Waals surface area contributed by atoms with Crippen molar-refractivity contribution in [2.75, 3.05) is 19.7 Å². The molecule has 4 rings (SSSR count). The van der Waals surface area contributed by atoms with Gasteiger partial charge in [-0.25, -0.2) is 0 Å². The molecule has 1 saturated heterocycles. The number of amides is 1. The summed E-state index contributed by atoms with van der Waals surface area (Å²) in [6.45, 7) is 2.81. The van der Waals surface area contributed by atoms with Gasteiger partial charge in [0.25, 0.3) is 5.91 Å². The van der Waals surface area contributed by atoms with Crippen molar-refractivity contribution in [3.05, 3.63) is 75.6 Å². The highest BCUT2D eigenvalue weighted by Crippen LogP contribution is 2.33. The van der Waals surface area contributed by atoms with Crippen LogP contribution in [-0.4, -0.2) is 45.1 Å². The van der Waals surface area contributed by atoms with Crippen LogP contribution in [0.1, 0.15) is 44.0 Å². The third-order valence-corrected chi connectivity index (χ3v) is 5.87. The van der Waals surface area contributed by atoms with Crippen molar-refractivity contribution in [1.82, 2.24) is 19.5 Å². The Morgan fingerprint density at radius 1 is 1.23 bits per heavy atom. The molecular weight excluding hydrogens is 429 g/mol. The fourth-order valence-corrected chi connectivity index (χ4v) is 4.13. The summed E-state index contributed by atoms with van der Waals surface area (Å²) in [6, 6.07) is 10.7. The first kappa shape index (κ1) is 21.4. The van der Waals surface area contributed by atoms with E-state index in [1.54, 1.807) is 36.1 Å². The number of carbonyl (C=O) groups is 1. The minimum absolute atomic E-state index is 0.0462. The molecule has 0 unspecified atom stereocenters. The lowest BCUT2D eigenvalue weighted by atomic mass is 10.0.